The van der Waals surface area contributed by atoms with E-state index in [0.29, 0.717) is 0 Å². The first-order valence-corrected chi connectivity index (χ1v) is 4.15. The van der Waals surface area contributed by atoms with E-state index >= 15 is 0 Å². The Labute approximate surface area is 71.5 Å². The standard InChI is InChI=1S/C12H8/c1-2-7-11-9(4-1)5-3-6-10-8-12(10)11/h1-8H. The van der Waals surface area contributed by atoms with Crippen LogP contribution in [0.4, 0.5) is 0 Å². The van der Waals surface area contributed by atoms with Gasteiger partial charge in [-0.05, 0) is 28.3 Å². The van der Waals surface area contributed by atoms with Crippen molar-refractivity contribution in [2.24, 2.45) is 0 Å². The first-order valence-electron chi connectivity index (χ1n) is 4.15. The summed E-state index contributed by atoms with van der Waals surface area (Å²) in [6, 6.07) is 8.51. The highest BCUT2D eigenvalue weighted by atomic mass is 14.2. The molecule has 0 heterocycles. The van der Waals surface area contributed by atoms with Crippen LogP contribution in [0.3, 0.4) is 0 Å². The summed E-state index contributed by atoms with van der Waals surface area (Å²) in [4.78, 5) is 0. The molecule has 2 aliphatic carbocycles. The maximum absolute atomic E-state index is 2.22. The van der Waals surface area contributed by atoms with Gasteiger partial charge >= 0.3 is 0 Å². The van der Waals surface area contributed by atoms with Crippen molar-refractivity contribution in [3.63, 3.8) is 0 Å². The van der Waals surface area contributed by atoms with Gasteiger partial charge in [0.1, 0.15) is 0 Å². The van der Waals surface area contributed by atoms with E-state index in [2.05, 4.69) is 48.6 Å². The van der Waals surface area contributed by atoms with Crippen LogP contribution in [-0.4, -0.2) is 0 Å². The molecule has 0 aliphatic heterocycles. The molecule has 56 valence electrons. The minimum Gasteiger partial charge on any atom is -0.0616 e. The summed E-state index contributed by atoms with van der Waals surface area (Å²) in [5, 5.41) is 0. The van der Waals surface area contributed by atoms with Crippen molar-refractivity contribution in [2.45, 2.75) is 0 Å². The predicted octanol–water partition coefficient (Wildman–Crippen LogP) is 3.04. The van der Waals surface area contributed by atoms with Gasteiger partial charge in [0.15, 0.2) is 0 Å². The third-order valence-corrected chi connectivity index (χ3v) is 2.33. The van der Waals surface area contributed by atoms with Gasteiger partial charge in [0, 0.05) is 0 Å². The Kier molecular flexibility index (Phi) is 0.991. The smallest absolute Gasteiger partial charge is 0.00990 e. The van der Waals surface area contributed by atoms with Crippen molar-refractivity contribution in [1.29, 1.82) is 0 Å². The maximum Gasteiger partial charge on any atom is -0.00990 e. The summed E-state index contributed by atoms with van der Waals surface area (Å²) < 4.78 is 0. The molecule has 0 nitrogen and oxygen atoms in total. The van der Waals surface area contributed by atoms with E-state index in [0.717, 1.165) is 0 Å². The summed E-state index contributed by atoms with van der Waals surface area (Å²) in [6.45, 7) is 0. The zero-order valence-electron chi connectivity index (χ0n) is 6.62. The first kappa shape index (κ1) is 6.01. The van der Waals surface area contributed by atoms with E-state index in [1.54, 1.807) is 0 Å². The molecule has 12 heavy (non-hydrogen) atoms. The highest BCUT2D eigenvalue weighted by molar-refractivity contribution is 6.01. The molecule has 2 aliphatic rings. The summed E-state index contributed by atoms with van der Waals surface area (Å²) >= 11 is 0. The van der Waals surface area contributed by atoms with E-state index in [1.165, 1.54) is 22.3 Å². The Morgan fingerprint density at radius 3 is 2.92 bits per heavy atom. The number of fused-ring (bicyclic) bond motifs is 3. The number of rotatable bonds is 0. The lowest BCUT2D eigenvalue weighted by molar-refractivity contribution is 1.61. The van der Waals surface area contributed by atoms with Crippen molar-refractivity contribution >= 4 is 11.6 Å². The lowest BCUT2D eigenvalue weighted by Gasteiger charge is -1.98. The Morgan fingerprint density at radius 1 is 1.00 bits per heavy atom. The molecule has 0 unspecified atom stereocenters. The van der Waals surface area contributed by atoms with Gasteiger partial charge in [-0.3, -0.25) is 0 Å². The Hall–Kier alpha value is -1.56. The number of benzene rings is 1. The van der Waals surface area contributed by atoms with Crippen molar-refractivity contribution in [3.8, 4) is 0 Å². The molecule has 0 radical (unpaired) electrons. The van der Waals surface area contributed by atoms with Gasteiger partial charge in [-0.15, -0.1) is 0 Å². The molecule has 1 aromatic carbocycles. The average Bonchev–Trinajstić information content (AvgIpc) is 2.82. The normalized spacial score (nSPS) is 17.0. The van der Waals surface area contributed by atoms with E-state index < -0.39 is 0 Å². The fourth-order valence-electron chi connectivity index (χ4n) is 1.63. The maximum atomic E-state index is 2.22. The second kappa shape index (κ2) is 1.98. The Bertz CT molecular complexity index is 431. The monoisotopic (exact) mass is 152 g/mol. The topological polar surface area (TPSA) is 0 Å². The van der Waals surface area contributed by atoms with Gasteiger partial charge in [-0.1, -0.05) is 42.5 Å². The predicted molar refractivity (Wildman–Crippen MR) is 51.5 cm³/mol. The molecule has 0 saturated heterocycles. The Balaban J connectivity index is 2.30. The van der Waals surface area contributed by atoms with E-state index in [1.807, 2.05) is 0 Å². The number of hydrogen-bond acceptors (Lipinski definition) is 0. The zero-order valence-corrected chi connectivity index (χ0v) is 6.62. The molecule has 0 heteroatoms. The minimum absolute atomic E-state index is 1.33. The second-order valence-electron chi connectivity index (χ2n) is 3.13. The number of hydrogen-bond donors (Lipinski definition) is 0. The minimum atomic E-state index is 1.33. The molecular formula is C12H8. The Morgan fingerprint density at radius 2 is 1.92 bits per heavy atom. The van der Waals surface area contributed by atoms with Crippen molar-refractivity contribution in [3.05, 3.63) is 59.2 Å². The summed E-state index contributed by atoms with van der Waals surface area (Å²) in [7, 11) is 0. The van der Waals surface area contributed by atoms with Crippen LogP contribution in [0.25, 0.3) is 11.6 Å². The third kappa shape index (κ3) is 0.722. The summed E-state index contributed by atoms with van der Waals surface area (Å²) in [5.41, 5.74) is 5.50. The first-order chi connectivity index (χ1) is 5.95. The fourth-order valence-corrected chi connectivity index (χ4v) is 1.63. The second-order valence-corrected chi connectivity index (χ2v) is 3.13. The van der Waals surface area contributed by atoms with Gasteiger partial charge in [0.2, 0.25) is 0 Å². The highest BCUT2D eigenvalue weighted by Gasteiger charge is 2.20. The van der Waals surface area contributed by atoms with Gasteiger partial charge < -0.3 is 0 Å². The summed E-state index contributed by atoms with van der Waals surface area (Å²) in [5.74, 6) is 0. The molecule has 1 aromatic rings. The molecule has 0 aromatic heterocycles. The van der Waals surface area contributed by atoms with Crippen molar-refractivity contribution < 1.29 is 0 Å². The zero-order chi connectivity index (χ0) is 7.97. The van der Waals surface area contributed by atoms with Gasteiger partial charge in [-0.2, -0.15) is 0 Å². The average molecular weight is 152 g/mol. The molecule has 0 saturated carbocycles. The fraction of sp³-hybridized carbons (Fsp3) is 0. The van der Waals surface area contributed by atoms with Crippen LogP contribution >= 0.6 is 0 Å². The largest absolute Gasteiger partial charge is 0.0616 e. The van der Waals surface area contributed by atoms with Crippen LogP contribution in [0, 0.1) is 0 Å². The quantitative estimate of drug-likeness (QED) is 0.536. The molecular weight excluding hydrogens is 144 g/mol. The van der Waals surface area contributed by atoms with Gasteiger partial charge in [0.05, 0.1) is 0 Å². The van der Waals surface area contributed by atoms with Crippen LogP contribution in [0.1, 0.15) is 11.1 Å². The van der Waals surface area contributed by atoms with E-state index in [9.17, 15) is 0 Å². The van der Waals surface area contributed by atoms with Crippen molar-refractivity contribution in [2.75, 3.05) is 0 Å². The molecule has 3 rings (SSSR count). The van der Waals surface area contributed by atoms with Crippen LogP contribution in [0.5, 0.6) is 0 Å². The molecule has 0 amide bonds. The lowest BCUT2D eigenvalue weighted by Crippen LogP contribution is -1.78. The van der Waals surface area contributed by atoms with Crippen LogP contribution in [0.15, 0.2) is 48.1 Å². The van der Waals surface area contributed by atoms with Crippen LogP contribution < -0.4 is 0 Å². The molecule has 0 atom stereocenters. The molecule has 0 fully saturated rings. The van der Waals surface area contributed by atoms with Gasteiger partial charge in [0.25, 0.3) is 0 Å². The van der Waals surface area contributed by atoms with Crippen molar-refractivity contribution in [1.82, 2.24) is 0 Å². The highest BCUT2D eigenvalue weighted by Crippen LogP contribution is 2.41. The van der Waals surface area contributed by atoms with Gasteiger partial charge in [-0.25, -0.2) is 0 Å². The van der Waals surface area contributed by atoms with E-state index in [-0.39, 0.29) is 0 Å². The van der Waals surface area contributed by atoms with Crippen LogP contribution in [-0.2, 0) is 0 Å². The summed E-state index contributed by atoms with van der Waals surface area (Å²) in [6.07, 6.45) is 8.66. The molecule has 0 spiro atoms. The van der Waals surface area contributed by atoms with E-state index in [4.69, 9.17) is 0 Å². The SMILES string of the molecule is C1=Cc2ccccc2C2=CC2=C1. The third-order valence-electron chi connectivity index (χ3n) is 2.33. The number of allylic oxidation sites excluding steroid dienone is 5. The lowest BCUT2D eigenvalue weighted by atomic mass is 10.1. The molecule has 0 N–H and O–H groups in total. The van der Waals surface area contributed by atoms with Crippen LogP contribution in [0.2, 0.25) is 0 Å². The molecule has 0 bridgehead atoms.